The zero-order chi connectivity index (χ0) is 9.14. The molecule has 0 saturated heterocycles. The van der Waals surface area contributed by atoms with E-state index in [9.17, 15) is 0 Å². The number of nitriles is 1. The van der Waals surface area contributed by atoms with Gasteiger partial charge in [0.05, 0.1) is 18.2 Å². The van der Waals surface area contributed by atoms with Gasteiger partial charge in [0.2, 0.25) is 0 Å². The van der Waals surface area contributed by atoms with E-state index in [-0.39, 0.29) is 6.61 Å². The molecule has 62 valence electrons. The number of rotatable bonds is 1. The van der Waals surface area contributed by atoms with Crippen LogP contribution < -0.4 is 0 Å². The van der Waals surface area contributed by atoms with Gasteiger partial charge in [0.25, 0.3) is 0 Å². The molecule has 0 aliphatic carbocycles. The Morgan fingerprint density at radius 2 is 1.92 bits per heavy atom. The second-order valence-corrected chi connectivity index (χ2v) is 2.82. The average Bonchev–Trinajstić information content (AvgIpc) is 2.08. The van der Waals surface area contributed by atoms with Crippen molar-refractivity contribution in [3.63, 3.8) is 0 Å². The molecule has 0 aliphatic rings. The van der Waals surface area contributed by atoms with Crippen LogP contribution in [0.1, 0.15) is 22.3 Å². The molecule has 0 bridgehead atoms. The molecule has 2 heteroatoms. The largest absolute Gasteiger partial charge is 0.392 e. The molecule has 0 spiro atoms. The van der Waals surface area contributed by atoms with E-state index in [4.69, 9.17) is 10.4 Å². The maximum Gasteiger partial charge on any atom is 0.0998 e. The van der Waals surface area contributed by atoms with Gasteiger partial charge in [-0.2, -0.15) is 5.26 Å². The quantitative estimate of drug-likeness (QED) is 0.680. The molecule has 0 unspecified atom stereocenters. The van der Waals surface area contributed by atoms with Crippen LogP contribution in [-0.4, -0.2) is 5.11 Å². The second kappa shape index (κ2) is 3.38. The highest BCUT2D eigenvalue weighted by atomic mass is 16.3. The number of nitrogens with zero attached hydrogens (tertiary/aromatic N) is 1. The minimum atomic E-state index is -0.0591. The first-order chi connectivity index (χ1) is 5.70. The highest BCUT2D eigenvalue weighted by molar-refractivity contribution is 5.47. The molecule has 0 radical (unpaired) electrons. The van der Waals surface area contributed by atoms with Crippen molar-refractivity contribution in [1.82, 2.24) is 0 Å². The standard InChI is InChI=1S/C10H11NO/c1-7-3-4-8(2)10(6-12)9(7)5-11/h3-4,12H,6H2,1-2H3. The zero-order valence-corrected chi connectivity index (χ0v) is 7.26. The van der Waals surface area contributed by atoms with E-state index < -0.39 is 0 Å². The fourth-order valence-corrected chi connectivity index (χ4v) is 1.23. The zero-order valence-electron chi connectivity index (χ0n) is 7.26. The molecule has 0 aromatic heterocycles. The van der Waals surface area contributed by atoms with E-state index in [1.165, 1.54) is 0 Å². The summed E-state index contributed by atoms with van der Waals surface area (Å²) in [5.74, 6) is 0. The van der Waals surface area contributed by atoms with Gasteiger partial charge in [0, 0.05) is 0 Å². The van der Waals surface area contributed by atoms with Crippen molar-refractivity contribution < 1.29 is 5.11 Å². The summed E-state index contributed by atoms with van der Waals surface area (Å²) in [5.41, 5.74) is 3.25. The summed E-state index contributed by atoms with van der Waals surface area (Å²) in [6.45, 7) is 3.71. The smallest absolute Gasteiger partial charge is 0.0998 e. The lowest BCUT2D eigenvalue weighted by atomic mass is 9.99. The summed E-state index contributed by atoms with van der Waals surface area (Å²) in [6, 6.07) is 5.91. The van der Waals surface area contributed by atoms with Crippen LogP contribution in [0, 0.1) is 25.2 Å². The van der Waals surface area contributed by atoms with Gasteiger partial charge >= 0.3 is 0 Å². The molecule has 1 N–H and O–H groups in total. The Bertz CT molecular complexity index is 336. The summed E-state index contributed by atoms with van der Waals surface area (Å²) in [6.07, 6.45) is 0. The molecular formula is C10H11NO. The van der Waals surface area contributed by atoms with Crippen LogP contribution in [-0.2, 0) is 6.61 Å². The maximum atomic E-state index is 9.00. The first-order valence-electron chi connectivity index (χ1n) is 3.80. The molecule has 0 amide bonds. The first-order valence-corrected chi connectivity index (χ1v) is 3.80. The topological polar surface area (TPSA) is 44.0 Å². The Labute approximate surface area is 72.1 Å². The number of hydrogen-bond acceptors (Lipinski definition) is 2. The summed E-state index contributed by atoms with van der Waals surface area (Å²) >= 11 is 0. The van der Waals surface area contributed by atoms with Gasteiger partial charge in [0.15, 0.2) is 0 Å². The SMILES string of the molecule is Cc1ccc(C)c(CO)c1C#N. The van der Waals surface area contributed by atoms with Crippen LogP contribution in [0.25, 0.3) is 0 Å². The van der Waals surface area contributed by atoms with Crippen molar-refractivity contribution in [2.45, 2.75) is 20.5 Å². The molecule has 0 fully saturated rings. The summed E-state index contributed by atoms with van der Waals surface area (Å²) in [5, 5.41) is 17.8. The van der Waals surface area contributed by atoms with Crippen molar-refractivity contribution >= 4 is 0 Å². The van der Waals surface area contributed by atoms with Crippen molar-refractivity contribution in [3.8, 4) is 6.07 Å². The summed E-state index contributed by atoms with van der Waals surface area (Å²) < 4.78 is 0. The van der Waals surface area contributed by atoms with Crippen molar-refractivity contribution in [1.29, 1.82) is 5.26 Å². The van der Waals surface area contributed by atoms with Gasteiger partial charge in [-0.3, -0.25) is 0 Å². The molecule has 0 aliphatic heterocycles. The van der Waals surface area contributed by atoms with Crippen LogP contribution in [0.4, 0.5) is 0 Å². The number of aliphatic hydroxyl groups is 1. The first kappa shape index (κ1) is 8.76. The Balaban J connectivity index is 3.41. The van der Waals surface area contributed by atoms with E-state index in [2.05, 4.69) is 6.07 Å². The van der Waals surface area contributed by atoms with Gasteiger partial charge in [-0.25, -0.2) is 0 Å². The fourth-order valence-electron chi connectivity index (χ4n) is 1.23. The molecule has 12 heavy (non-hydrogen) atoms. The second-order valence-electron chi connectivity index (χ2n) is 2.82. The predicted molar refractivity (Wildman–Crippen MR) is 46.6 cm³/mol. The average molecular weight is 161 g/mol. The molecular weight excluding hydrogens is 150 g/mol. The van der Waals surface area contributed by atoms with Crippen molar-refractivity contribution in [2.75, 3.05) is 0 Å². The summed E-state index contributed by atoms with van der Waals surface area (Å²) in [7, 11) is 0. The lowest BCUT2D eigenvalue weighted by Gasteiger charge is -2.06. The van der Waals surface area contributed by atoms with Crippen LogP contribution in [0.3, 0.4) is 0 Å². The lowest BCUT2D eigenvalue weighted by Crippen LogP contribution is -1.96. The van der Waals surface area contributed by atoms with Gasteiger partial charge in [0.1, 0.15) is 0 Å². The third-order valence-electron chi connectivity index (χ3n) is 2.03. The molecule has 2 nitrogen and oxygen atoms in total. The van der Waals surface area contributed by atoms with Crippen molar-refractivity contribution in [3.05, 3.63) is 34.4 Å². The fraction of sp³-hybridized carbons (Fsp3) is 0.300. The Morgan fingerprint density at radius 3 is 2.33 bits per heavy atom. The minimum absolute atomic E-state index is 0.0591. The van der Waals surface area contributed by atoms with Gasteiger partial charge in [-0.15, -0.1) is 0 Å². The minimum Gasteiger partial charge on any atom is -0.392 e. The van der Waals surface area contributed by atoms with Gasteiger partial charge in [-0.1, -0.05) is 12.1 Å². The third-order valence-corrected chi connectivity index (χ3v) is 2.03. The normalized spacial score (nSPS) is 9.50. The van der Waals surface area contributed by atoms with E-state index in [0.29, 0.717) is 5.56 Å². The highest BCUT2D eigenvalue weighted by Gasteiger charge is 2.06. The van der Waals surface area contributed by atoms with E-state index in [1.807, 2.05) is 26.0 Å². The van der Waals surface area contributed by atoms with Crippen LogP contribution in [0.5, 0.6) is 0 Å². The van der Waals surface area contributed by atoms with E-state index in [0.717, 1.165) is 16.7 Å². The molecule has 1 rings (SSSR count). The van der Waals surface area contributed by atoms with Crippen LogP contribution in [0.15, 0.2) is 12.1 Å². The number of aryl methyl sites for hydroxylation is 2. The molecule has 0 heterocycles. The van der Waals surface area contributed by atoms with Gasteiger partial charge in [-0.05, 0) is 30.5 Å². The summed E-state index contributed by atoms with van der Waals surface area (Å²) in [4.78, 5) is 0. The molecule has 1 aromatic rings. The number of aliphatic hydroxyl groups excluding tert-OH is 1. The van der Waals surface area contributed by atoms with E-state index >= 15 is 0 Å². The van der Waals surface area contributed by atoms with E-state index in [1.54, 1.807) is 0 Å². The Hall–Kier alpha value is -1.33. The monoisotopic (exact) mass is 161 g/mol. The Kier molecular flexibility index (Phi) is 2.47. The predicted octanol–water partition coefficient (Wildman–Crippen LogP) is 1.67. The molecule has 0 saturated carbocycles. The van der Waals surface area contributed by atoms with Gasteiger partial charge < -0.3 is 5.11 Å². The van der Waals surface area contributed by atoms with Crippen molar-refractivity contribution in [2.24, 2.45) is 0 Å². The number of benzene rings is 1. The number of hydrogen-bond donors (Lipinski definition) is 1. The van der Waals surface area contributed by atoms with Crippen LogP contribution in [0.2, 0.25) is 0 Å². The Morgan fingerprint density at radius 1 is 1.33 bits per heavy atom. The highest BCUT2D eigenvalue weighted by Crippen LogP contribution is 2.17. The molecule has 0 atom stereocenters. The maximum absolute atomic E-state index is 9.00. The third kappa shape index (κ3) is 1.32. The molecule has 1 aromatic carbocycles. The lowest BCUT2D eigenvalue weighted by molar-refractivity contribution is 0.280. The van der Waals surface area contributed by atoms with Crippen LogP contribution >= 0.6 is 0 Å².